The molecule has 0 spiro atoms. The van der Waals surface area contributed by atoms with Gasteiger partial charge in [0.1, 0.15) is 17.5 Å². The molecule has 1 N–H and O–H groups in total. The quantitative estimate of drug-likeness (QED) is 0.486. The number of benzene rings is 3. The summed E-state index contributed by atoms with van der Waals surface area (Å²) in [6.45, 7) is 1.59. The van der Waals surface area contributed by atoms with Crippen LogP contribution in [-0.2, 0) is 0 Å². The van der Waals surface area contributed by atoms with Crippen molar-refractivity contribution >= 4 is 16.9 Å². The van der Waals surface area contributed by atoms with Crippen molar-refractivity contribution in [2.45, 2.75) is 31.4 Å². The van der Waals surface area contributed by atoms with Gasteiger partial charge in [-0.15, -0.1) is 0 Å². The van der Waals surface area contributed by atoms with E-state index in [2.05, 4.69) is 16.0 Å². The van der Waals surface area contributed by atoms with Crippen LogP contribution < -0.4 is 4.90 Å². The highest BCUT2D eigenvalue weighted by molar-refractivity contribution is 5.92. The zero-order chi connectivity index (χ0) is 22.9. The molecule has 3 aromatic carbocycles. The first kappa shape index (κ1) is 21.6. The molecule has 6 heteroatoms. The summed E-state index contributed by atoms with van der Waals surface area (Å²) < 4.78 is 40.7. The van der Waals surface area contributed by atoms with E-state index in [0.29, 0.717) is 12.0 Å². The van der Waals surface area contributed by atoms with Gasteiger partial charge in [0.05, 0.1) is 12.1 Å². The van der Waals surface area contributed by atoms with Gasteiger partial charge in [-0.05, 0) is 79.4 Å². The summed E-state index contributed by atoms with van der Waals surface area (Å²) in [6.07, 6.45) is 3.65. The van der Waals surface area contributed by atoms with Gasteiger partial charge in [-0.3, -0.25) is 0 Å². The molecule has 0 aromatic heterocycles. The van der Waals surface area contributed by atoms with E-state index in [1.54, 1.807) is 36.4 Å². The Kier molecular flexibility index (Phi) is 5.85. The van der Waals surface area contributed by atoms with Crippen LogP contribution in [0.4, 0.5) is 24.5 Å². The van der Waals surface area contributed by atoms with E-state index in [1.807, 2.05) is 0 Å². The standard InChI is InChI=1S/C27H25F3N2O/c28-19-5-3-18(4-6-19)27(33)2-1-14-31-15-13-26-24(17-31)23-16-21(30)9-12-25(23)32(26)22-10-7-20(29)8-11-22/h3-12,16-17,26-27,33H,1-2,13-15H2. The first-order valence-electron chi connectivity index (χ1n) is 11.2. The molecule has 2 heterocycles. The molecule has 2 aliphatic rings. The highest BCUT2D eigenvalue weighted by atomic mass is 19.1. The maximum Gasteiger partial charge on any atom is 0.123 e. The Morgan fingerprint density at radius 1 is 0.879 bits per heavy atom. The largest absolute Gasteiger partial charge is 0.388 e. The van der Waals surface area contributed by atoms with E-state index in [4.69, 9.17) is 0 Å². The van der Waals surface area contributed by atoms with Crippen molar-refractivity contribution in [3.8, 4) is 0 Å². The van der Waals surface area contributed by atoms with Gasteiger partial charge in [-0.25, -0.2) is 13.2 Å². The van der Waals surface area contributed by atoms with Crippen LogP contribution in [0.2, 0.25) is 0 Å². The molecule has 0 fully saturated rings. The van der Waals surface area contributed by atoms with E-state index in [0.717, 1.165) is 48.4 Å². The Morgan fingerprint density at radius 3 is 2.27 bits per heavy atom. The summed E-state index contributed by atoms with van der Waals surface area (Å²) >= 11 is 0. The summed E-state index contributed by atoms with van der Waals surface area (Å²) in [7, 11) is 0. The number of rotatable bonds is 6. The van der Waals surface area contributed by atoms with Gasteiger partial charge < -0.3 is 14.9 Å². The minimum atomic E-state index is -0.633. The van der Waals surface area contributed by atoms with Crippen molar-refractivity contribution in [1.82, 2.24) is 4.90 Å². The Morgan fingerprint density at radius 2 is 1.55 bits per heavy atom. The molecule has 0 radical (unpaired) electrons. The topological polar surface area (TPSA) is 26.7 Å². The first-order valence-corrected chi connectivity index (χ1v) is 11.2. The second-order valence-electron chi connectivity index (χ2n) is 8.64. The third kappa shape index (κ3) is 4.35. The van der Waals surface area contributed by atoms with Crippen molar-refractivity contribution in [3.05, 3.63) is 102 Å². The molecule has 0 bridgehead atoms. The maximum absolute atomic E-state index is 14.1. The Labute approximate surface area is 191 Å². The second kappa shape index (κ2) is 8.94. The van der Waals surface area contributed by atoms with Crippen molar-refractivity contribution in [2.24, 2.45) is 0 Å². The van der Waals surface area contributed by atoms with Crippen molar-refractivity contribution in [2.75, 3.05) is 18.0 Å². The van der Waals surface area contributed by atoms with Crippen molar-refractivity contribution < 1.29 is 18.3 Å². The fourth-order valence-electron chi connectivity index (χ4n) is 4.86. The minimum absolute atomic E-state index is 0.0633. The fourth-order valence-corrected chi connectivity index (χ4v) is 4.86. The molecular formula is C27H25F3N2O. The van der Waals surface area contributed by atoms with E-state index in [1.165, 1.54) is 30.3 Å². The van der Waals surface area contributed by atoms with Crippen LogP contribution in [0.15, 0.2) is 72.9 Å². The number of hydrogen-bond acceptors (Lipinski definition) is 3. The Hall–Kier alpha value is -3.25. The van der Waals surface area contributed by atoms with Gasteiger partial charge in [0, 0.05) is 41.8 Å². The van der Waals surface area contributed by atoms with Crippen LogP contribution in [0.3, 0.4) is 0 Å². The minimum Gasteiger partial charge on any atom is -0.388 e. The molecule has 3 aromatic rings. The normalized spacial score (nSPS) is 18.1. The van der Waals surface area contributed by atoms with E-state index >= 15 is 0 Å². The lowest BCUT2D eigenvalue weighted by molar-refractivity contribution is 0.159. The maximum atomic E-state index is 14.1. The fraction of sp³-hybridized carbons (Fsp3) is 0.259. The molecule has 2 aliphatic heterocycles. The van der Waals surface area contributed by atoms with Gasteiger partial charge >= 0.3 is 0 Å². The molecule has 170 valence electrons. The van der Waals surface area contributed by atoms with E-state index in [9.17, 15) is 18.3 Å². The smallest absolute Gasteiger partial charge is 0.123 e. The van der Waals surface area contributed by atoms with Crippen LogP contribution in [0.1, 0.15) is 36.5 Å². The number of hydrogen-bond donors (Lipinski definition) is 1. The third-order valence-electron chi connectivity index (χ3n) is 6.49. The van der Waals surface area contributed by atoms with Crippen molar-refractivity contribution in [3.63, 3.8) is 0 Å². The van der Waals surface area contributed by atoms with E-state index < -0.39 is 6.10 Å². The number of anilines is 2. The van der Waals surface area contributed by atoms with Crippen LogP contribution >= 0.6 is 0 Å². The molecule has 33 heavy (non-hydrogen) atoms. The molecule has 0 saturated carbocycles. The lowest BCUT2D eigenvalue weighted by Crippen LogP contribution is -2.36. The number of halogens is 3. The van der Waals surface area contributed by atoms with E-state index in [-0.39, 0.29) is 23.5 Å². The predicted octanol–water partition coefficient (Wildman–Crippen LogP) is 6.18. The van der Waals surface area contributed by atoms with Crippen LogP contribution in [0.25, 0.3) is 5.57 Å². The van der Waals surface area contributed by atoms with Gasteiger partial charge in [0.2, 0.25) is 0 Å². The van der Waals surface area contributed by atoms with Gasteiger partial charge in [-0.2, -0.15) is 0 Å². The lowest BCUT2D eigenvalue weighted by Gasteiger charge is -2.34. The lowest BCUT2D eigenvalue weighted by atomic mass is 9.97. The highest BCUT2D eigenvalue weighted by Crippen LogP contribution is 2.47. The van der Waals surface area contributed by atoms with Crippen LogP contribution in [0, 0.1) is 17.5 Å². The average molecular weight is 451 g/mol. The molecule has 2 atom stereocenters. The third-order valence-corrected chi connectivity index (χ3v) is 6.49. The molecular weight excluding hydrogens is 425 g/mol. The summed E-state index contributed by atoms with van der Waals surface area (Å²) in [5.74, 6) is -0.886. The summed E-state index contributed by atoms with van der Waals surface area (Å²) in [4.78, 5) is 4.38. The summed E-state index contributed by atoms with van der Waals surface area (Å²) in [5, 5.41) is 10.4. The SMILES string of the molecule is OC(CCCN1C=C2c3cc(F)ccc3N(c3ccc(F)cc3)C2CC1)c1ccc(F)cc1. The summed E-state index contributed by atoms with van der Waals surface area (Å²) in [6, 6.07) is 17.2. The Balaban J connectivity index is 1.33. The average Bonchev–Trinajstić information content (AvgIpc) is 3.13. The molecule has 5 rings (SSSR count). The summed E-state index contributed by atoms with van der Waals surface area (Å²) in [5.41, 5.74) is 4.43. The van der Waals surface area contributed by atoms with Crippen LogP contribution in [0.5, 0.6) is 0 Å². The molecule has 2 unspecified atom stereocenters. The Bertz CT molecular complexity index is 1160. The monoisotopic (exact) mass is 450 g/mol. The number of aliphatic hydroxyl groups is 1. The molecule has 0 saturated heterocycles. The zero-order valence-corrected chi connectivity index (χ0v) is 18.1. The van der Waals surface area contributed by atoms with Gasteiger partial charge in [0.15, 0.2) is 0 Å². The molecule has 3 nitrogen and oxygen atoms in total. The highest BCUT2D eigenvalue weighted by Gasteiger charge is 2.37. The van der Waals surface area contributed by atoms with Crippen molar-refractivity contribution in [1.29, 1.82) is 0 Å². The number of aliphatic hydroxyl groups excluding tert-OH is 1. The molecule has 0 aliphatic carbocycles. The van der Waals surface area contributed by atoms with Gasteiger partial charge in [-0.1, -0.05) is 12.1 Å². The zero-order valence-electron chi connectivity index (χ0n) is 18.1. The molecule has 0 amide bonds. The number of fused-ring (bicyclic) bond motifs is 3. The van der Waals surface area contributed by atoms with Crippen LogP contribution in [-0.4, -0.2) is 29.1 Å². The first-order chi connectivity index (χ1) is 16.0. The number of nitrogens with zero attached hydrogens (tertiary/aromatic N) is 2. The second-order valence-corrected chi connectivity index (χ2v) is 8.64. The predicted molar refractivity (Wildman–Crippen MR) is 123 cm³/mol. The van der Waals surface area contributed by atoms with Gasteiger partial charge in [0.25, 0.3) is 0 Å².